The zero-order chi connectivity index (χ0) is 40.0. The van der Waals surface area contributed by atoms with Crippen LogP contribution >= 0.6 is 0 Å². The van der Waals surface area contributed by atoms with Gasteiger partial charge in [-0.15, -0.1) is 0 Å². The van der Waals surface area contributed by atoms with Crippen molar-refractivity contribution in [2.75, 3.05) is 56.8 Å². The third-order valence-electron chi connectivity index (χ3n) is 11.0. The highest BCUT2D eigenvalue weighted by Gasteiger charge is 2.40. The average Bonchev–Trinajstić information content (AvgIpc) is 3.53. The van der Waals surface area contributed by atoms with Crippen LogP contribution in [-0.4, -0.2) is 88.5 Å². The van der Waals surface area contributed by atoms with Crippen LogP contribution in [0.2, 0.25) is 0 Å². The molecule has 300 valence electrons. The van der Waals surface area contributed by atoms with Gasteiger partial charge in [0.15, 0.2) is 5.82 Å². The van der Waals surface area contributed by atoms with Gasteiger partial charge in [0, 0.05) is 43.1 Å². The van der Waals surface area contributed by atoms with E-state index in [9.17, 15) is 17.6 Å². The van der Waals surface area contributed by atoms with Gasteiger partial charge in [0.05, 0.1) is 38.5 Å². The standard InChI is InChI=1S/C40H41F5N8O4/c1-21-17-28(30(40(43,44)45)22(2)31(21)41)34-32(42)35-29-37(51-39(50-35)57-20-26-8-7-25-19-55-15-13-53(25)26)52(14-16-56-38(29)49-34)23(3)33-36(47-12-11-46-33)48-18-24-5-9-27(54-4)10-6-24/h5-6,9-12,17,23,25-26H,7-8,13-16,18-20H2,1-4H3,(H,47,48)/t23-,25+,26+/m1/s1. The maximum Gasteiger partial charge on any atom is 0.417 e. The molecule has 3 aromatic heterocycles. The SMILES string of the molecule is COc1ccc(CNc2nccnc2[C@@H](C)N2CCOc3nc(-c4cc(C)c(F)c(C)c4C(F)(F)F)c(F)c4nc(OC[C@@H]5CC[C@H]6COCCN65)nc2c34)cc1. The number of fused-ring (bicyclic) bond motifs is 1. The number of halogens is 5. The van der Waals surface area contributed by atoms with E-state index in [1.54, 1.807) is 19.5 Å². The molecule has 3 atom stereocenters. The molecule has 6 heterocycles. The number of ether oxygens (including phenoxy) is 4. The summed E-state index contributed by atoms with van der Waals surface area (Å²) in [7, 11) is 1.60. The second kappa shape index (κ2) is 15.5. The number of methoxy groups -OCH3 is 1. The van der Waals surface area contributed by atoms with Crippen LogP contribution in [-0.2, 0) is 17.5 Å². The monoisotopic (exact) mass is 792 g/mol. The van der Waals surface area contributed by atoms with Gasteiger partial charge in [-0.3, -0.25) is 9.88 Å². The Bertz CT molecular complexity index is 2300. The molecule has 2 fully saturated rings. The van der Waals surface area contributed by atoms with E-state index in [-0.39, 0.29) is 66.0 Å². The van der Waals surface area contributed by atoms with E-state index in [0.29, 0.717) is 31.3 Å². The molecule has 0 amide bonds. The molecule has 2 saturated heterocycles. The van der Waals surface area contributed by atoms with E-state index < -0.39 is 46.2 Å². The molecule has 0 aliphatic carbocycles. The van der Waals surface area contributed by atoms with E-state index in [1.807, 2.05) is 36.1 Å². The first kappa shape index (κ1) is 38.5. The summed E-state index contributed by atoms with van der Waals surface area (Å²) in [5.41, 5.74) is -2.26. The smallest absolute Gasteiger partial charge is 0.417 e. The van der Waals surface area contributed by atoms with Gasteiger partial charge in [0.1, 0.15) is 58.7 Å². The first-order chi connectivity index (χ1) is 27.4. The Hall–Kier alpha value is -5.42. The quantitative estimate of drug-likeness (QED) is 0.144. The predicted molar refractivity (Wildman–Crippen MR) is 201 cm³/mol. The molecular formula is C40H41F5N8O4. The average molecular weight is 793 g/mol. The summed E-state index contributed by atoms with van der Waals surface area (Å²) in [5, 5.41) is 3.41. The molecule has 5 aromatic rings. The molecule has 57 heavy (non-hydrogen) atoms. The minimum absolute atomic E-state index is 0.00691. The minimum Gasteiger partial charge on any atom is -0.497 e. The highest BCUT2D eigenvalue weighted by molar-refractivity contribution is 5.97. The third-order valence-corrected chi connectivity index (χ3v) is 11.0. The second-order valence-corrected chi connectivity index (χ2v) is 14.4. The number of rotatable bonds is 10. The molecule has 0 radical (unpaired) electrons. The molecule has 0 bridgehead atoms. The summed E-state index contributed by atoms with van der Waals surface area (Å²) in [4.78, 5) is 27.1. The predicted octanol–water partition coefficient (Wildman–Crippen LogP) is 7.22. The number of anilines is 2. The minimum atomic E-state index is -5.03. The maximum atomic E-state index is 17.1. The lowest BCUT2D eigenvalue weighted by Crippen LogP contribution is -2.46. The lowest BCUT2D eigenvalue weighted by Gasteiger charge is -2.33. The molecule has 12 nitrogen and oxygen atoms in total. The fraction of sp³-hybridized carbons (Fsp3) is 0.425. The van der Waals surface area contributed by atoms with Crippen LogP contribution in [0.5, 0.6) is 17.6 Å². The van der Waals surface area contributed by atoms with Crippen molar-refractivity contribution in [2.45, 2.75) is 64.5 Å². The number of benzene rings is 2. The maximum absolute atomic E-state index is 17.1. The summed E-state index contributed by atoms with van der Waals surface area (Å²) >= 11 is 0. The van der Waals surface area contributed by atoms with E-state index >= 15 is 4.39 Å². The molecule has 3 aliphatic heterocycles. The molecule has 17 heteroatoms. The number of alkyl halides is 3. The zero-order valence-electron chi connectivity index (χ0n) is 31.8. The number of nitrogens with one attached hydrogen (secondary N) is 1. The van der Waals surface area contributed by atoms with E-state index in [2.05, 4.69) is 30.2 Å². The normalized spacial score (nSPS) is 18.9. The molecule has 0 saturated carbocycles. The molecule has 1 N–H and O–H groups in total. The van der Waals surface area contributed by atoms with Crippen molar-refractivity contribution < 1.29 is 40.9 Å². The lowest BCUT2D eigenvalue weighted by molar-refractivity contribution is -0.137. The molecule has 8 rings (SSSR count). The molecule has 0 spiro atoms. The Balaban J connectivity index is 1.23. The van der Waals surface area contributed by atoms with Gasteiger partial charge in [-0.25, -0.2) is 18.7 Å². The number of pyridine rings is 1. The topological polar surface area (TPSA) is 120 Å². The van der Waals surface area contributed by atoms with Gasteiger partial charge in [-0.2, -0.15) is 23.1 Å². The first-order valence-electron chi connectivity index (χ1n) is 18.7. The van der Waals surface area contributed by atoms with Crippen molar-refractivity contribution in [1.29, 1.82) is 0 Å². The molecule has 2 aromatic carbocycles. The van der Waals surface area contributed by atoms with Crippen LogP contribution in [0.3, 0.4) is 0 Å². The molecule has 3 aliphatic rings. The Labute approximate surface area is 325 Å². The van der Waals surface area contributed by atoms with Crippen molar-refractivity contribution in [3.8, 4) is 28.9 Å². The van der Waals surface area contributed by atoms with Gasteiger partial charge in [-0.1, -0.05) is 12.1 Å². The number of aromatic nitrogens is 5. The number of hydrogen-bond donors (Lipinski definition) is 1. The molecular weight excluding hydrogens is 751 g/mol. The van der Waals surface area contributed by atoms with E-state index in [0.717, 1.165) is 43.7 Å². The Morgan fingerprint density at radius 1 is 0.982 bits per heavy atom. The number of aryl methyl sites for hydroxylation is 1. The Morgan fingerprint density at radius 2 is 1.77 bits per heavy atom. The highest BCUT2D eigenvalue weighted by Crippen LogP contribution is 2.46. The Morgan fingerprint density at radius 3 is 2.54 bits per heavy atom. The van der Waals surface area contributed by atoms with Crippen LogP contribution in [0.15, 0.2) is 42.7 Å². The largest absolute Gasteiger partial charge is 0.497 e. The first-order valence-corrected chi connectivity index (χ1v) is 18.7. The number of hydrogen-bond acceptors (Lipinski definition) is 12. The summed E-state index contributed by atoms with van der Waals surface area (Å²) in [6, 6.07) is 8.10. The fourth-order valence-corrected chi connectivity index (χ4v) is 8.06. The van der Waals surface area contributed by atoms with Gasteiger partial charge in [-0.05, 0) is 68.5 Å². The summed E-state index contributed by atoms with van der Waals surface area (Å²) in [6.45, 7) is 6.99. The highest BCUT2D eigenvalue weighted by atomic mass is 19.4. The van der Waals surface area contributed by atoms with Gasteiger partial charge in [0.25, 0.3) is 0 Å². The van der Waals surface area contributed by atoms with Crippen molar-refractivity contribution in [2.24, 2.45) is 0 Å². The van der Waals surface area contributed by atoms with Crippen LogP contribution in [0.25, 0.3) is 22.2 Å². The van der Waals surface area contributed by atoms with Crippen molar-refractivity contribution in [1.82, 2.24) is 29.8 Å². The Kier molecular flexibility index (Phi) is 10.5. The molecule has 0 unspecified atom stereocenters. The van der Waals surface area contributed by atoms with Gasteiger partial charge in [0.2, 0.25) is 5.88 Å². The second-order valence-electron chi connectivity index (χ2n) is 14.4. The lowest BCUT2D eigenvalue weighted by atomic mass is 9.94. The van der Waals surface area contributed by atoms with Gasteiger partial charge >= 0.3 is 12.2 Å². The van der Waals surface area contributed by atoms with Gasteiger partial charge < -0.3 is 29.2 Å². The van der Waals surface area contributed by atoms with E-state index in [1.165, 1.54) is 6.92 Å². The number of nitrogens with zero attached hydrogens (tertiary/aromatic N) is 7. The van der Waals surface area contributed by atoms with Crippen molar-refractivity contribution in [3.63, 3.8) is 0 Å². The summed E-state index contributed by atoms with van der Waals surface area (Å²) < 4.78 is 99.1. The van der Waals surface area contributed by atoms with E-state index in [4.69, 9.17) is 23.9 Å². The fourth-order valence-electron chi connectivity index (χ4n) is 8.06. The zero-order valence-corrected chi connectivity index (χ0v) is 31.8. The van der Waals surface area contributed by atoms with Crippen molar-refractivity contribution in [3.05, 3.63) is 82.3 Å². The van der Waals surface area contributed by atoms with Crippen LogP contribution in [0.1, 0.15) is 53.8 Å². The van der Waals surface area contributed by atoms with Crippen LogP contribution in [0, 0.1) is 25.5 Å². The van der Waals surface area contributed by atoms with Crippen molar-refractivity contribution >= 4 is 22.5 Å². The van der Waals surface area contributed by atoms with Crippen LogP contribution < -0.4 is 24.4 Å². The summed E-state index contributed by atoms with van der Waals surface area (Å²) in [6.07, 6.45) is -0.119. The number of morpholine rings is 1. The summed E-state index contributed by atoms with van der Waals surface area (Å²) in [5.74, 6) is -0.955. The third kappa shape index (κ3) is 7.33. The van der Waals surface area contributed by atoms with Crippen LogP contribution in [0.4, 0.5) is 33.6 Å².